The Morgan fingerprint density at radius 3 is 0.956 bits per heavy atom. The van der Waals surface area contributed by atoms with Crippen molar-refractivity contribution in [3.8, 4) is 33.4 Å². The first kappa shape index (κ1) is 30.5. The topological polar surface area (TPSA) is 0 Å². The Hall–Kier alpha value is -3.12. The Bertz CT molecular complexity index is 1460. The molecule has 7 rings (SSSR count). The fourth-order valence-electron chi connectivity index (χ4n) is 9.12. The molecule has 0 spiro atoms. The summed E-state index contributed by atoms with van der Waals surface area (Å²) in [5.41, 5.74) is 24.2. The summed E-state index contributed by atoms with van der Waals surface area (Å²) < 4.78 is 0. The van der Waals surface area contributed by atoms with Gasteiger partial charge in [0.25, 0.3) is 0 Å². The van der Waals surface area contributed by atoms with Crippen LogP contribution < -0.4 is 0 Å². The van der Waals surface area contributed by atoms with Crippen LogP contribution in [0.5, 0.6) is 0 Å². The average molecular weight is 595 g/mol. The number of hydrogen-bond donors (Lipinski definition) is 0. The van der Waals surface area contributed by atoms with E-state index >= 15 is 0 Å². The van der Waals surface area contributed by atoms with Gasteiger partial charge in [-0.15, -0.1) is 0 Å². The lowest BCUT2D eigenvalue weighted by Gasteiger charge is -2.17. The molecule has 0 saturated carbocycles. The van der Waals surface area contributed by atoms with E-state index in [2.05, 4.69) is 75.4 Å². The van der Waals surface area contributed by atoms with Gasteiger partial charge in [-0.05, 0) is 141 Å². The fraction of sp³-hybridized carbons (Fsp3) is 0.467. The smallest absolute Gasteiger partial charge is 0.000433 e. The van der Waals surface area contributed by atoms with E-state index in [4.69, 9.17) is 0 Å². The molecule has 234 valence electrons. The summed E-state index contributed by atoms with van der Waals surface area (Å²) in [7, 11) is 0. The van der Waals surface area contributed by atoms with Crippen molar-refractivity contribution in [2.75, 3.05) is 0 Å². The predicted octanol–water partition coefficient (Wildman–Crippen LogP) is 12.8. The van der Waals surface area contributed by atoms with Crippen LogP contribution in [0.15, 0.2) is 54.6 Å². The van der Waals surface area contributed by atoms with E-state index in [1.165, 1.54) is 96.3 Å². The Morgan fingerprint density at radius 1 is 0.356 bits per heavy atom. The molecule has 0 bridgehead atoms. The second-order valence-electron chi connectivity index (χ2n) is 14.4. The molecule has 0 aromatic heterocycles. The highest BCUT2D eigenvalue weighted by atomic mass is 14.4. The number of fused-ring (bicyclic) bond motifs is 12. The number of unbranched alkanes of at least 4 members (excludes halogenated alkanes) is 9. The second kappa shape index (κ2) is 13.7. The highest BCUT2D eigenvalue weighted by Gasteiger charge is 2.38. The summed E-state index contributed by atoms with van der Waals surface area (Å²) >= 11 is 0. The largest absolute Gasteiger partial charge is 0.0654 e. The molecule has 3 aliphatic rings. The Morgan fingerprint density at radius 2 is 0.667 bits per heavy atom. The molecule has 0 aliphatic heterocycles. The van der Waals surface area contributed by atoms with Gasteiger partial charge in [-0.25, -0.2) is 0 Å². The third-order valence-electron chi connectivity index (χ3n) is 11.4. The van der Waals surface area contributed by atoms with E-state index in [9.17, 15) is 0 Å². The number of benzene rings is 4. The van der Waals surface area contributed by atoms with E-state index in [0.717, 1.165) is 19.3 Å². The minimum Gasteiger partial charge on any atom is -0.0654 e. The maximum atomic E-state index is 2.47. The summed E-state index contributed by atoms with van der Waals surface area (Å²) in [4.78, 5) is 0. The molecule has 4 aromatic rings. The Balaban J connectivity index is 1.35. The maximum absolute atomic E-state index is 2.47. The van der Waals surface area contributed by atoms with Crippen LogP contribution in [0.25, 0.3) is 33.4 Å². The molecule has 0 heterocycles. The highest BCUT2D eigenvalue weighted by Crippen LogP contribution is 2.57. The Labute approximate surface area is 273 Å². The molecule has 0 heteroatoms. The lowest BCUT2D eigenvalue weighted by atomic mass is 9.86. The van der Waals surface area contributed by atoms with Crippen molar-refractivity contribution in [3.63, 3.8) is 0 Å². The van der Waals surface area contributed by atoms with E-state index in [1.807, 2.05) is 0 Å². The van der Waals surface area contributed by atoms with Crippen molar-refractivity contribution in [2.24, 2.45) is 0 Å². The molecule has 0 unspecified atom stereocenters. The van der Waals surface area contributed by atoms with Crippen LogP contribution in [0.4, 0.5) is 0 Å². The normalized spacial score (nSPS) is 13.4. The average Bonchev–Trinajstić information content (AvgIpc) is 3.75. The Kier molecular flexibility index (Phi) is 9.30. The highest BCUT2D eigenvalue weighted by molar-refractivity contribution is 6.01. The molecular weight excluding hydrogens is 540 g/mol. The molecule has 3 aliphatic carbocycles. The van der Waals surface area contributed by atoms with Gasteiger partial charge in [-0.1, -0.05) is 133 Å². The van der Waals surface area contributed by atoms with Crippen LogP contribution in [-0.4, -0.2) is 0 Å². The van der Waals surface area contributed by atoms with E-state index in [1.54, 1.807) is 83.5 Å². The summed E-state index contributed by atoms with van der Waals surface area (Å²) in [6.45, 7) is 6.96. The third-order valence-corrected chi connectivity index (χ3v) is 11.4. The molecule has 0 amide bonds. The van der Waals surface area contributed by atoms with E-state index < -0.39 is 0 Å². The summed E-state index contributed by atoms with van der Waals surface area (Å²) in [6, 6.07) is 21.9. The number of aryl methyl sites for hydroxylation is 3. The van der Waals surface area contributed by atoms with Crippen molar-refractivity contribution in [2.45, 2.75) is 136 Å². The first-order chi connectivity index (χ1) is 22.2. The molecule has 0 atom stereocenters. The van der Waals surface area contributed by atoms with Crippen LogP contribution in [0.2, 0.25) is 0 Å². The van der Waals surface area contributed by atoms with Gasteiger partial charge in [0.05, 0.1) is 0 Å². The van der Waals surface area contributed by atoms with Crippen molar-refractivity contribution >= 4 is 0 Å². The molecule has 45 heavy (non-hydrogen) atoms. The molecule has 0 nitrogen and oxygen atoms in total. The van der Waals surface area contributed by atoms with E-state index in [-0.39, 0.29) is 0 Å². The van der Waals surface area contributed by atoms with Gasteiger partial charge in [-0.3, -0.25) is 0 Å². The lowest BCUT2D eigenvalue weighted by molar-refractivity contribution is 0.665. The fourth-order valence-corrected chi connectivity index (χ4v) is 9.12. The van der Waals surface area contributed by atoms with Gasteiger partial charge in [0.2, 0.25) is 0 Å². The summed E-state index contributed by atoms with van der Waals surface area (Å²) in [5.74, 6) is 0. The molecule has 0 N–H and O–H groups in total. The van der Waals surface area contributed by atoms with Crippen molar-refractivity contribution in [1.29, 1.82) is 0 Å². The van der Waals surface area contributed by atoms with Crippen LogP contribution in [0.3, 0.4) is 0 Å². The quantitative estimate of drug-likeness (QED) is 0.104. The van der Waals surface area contributed by atoms with E-state index in [0.29, 0.717) is 0 Å². The van der Waals surface area contributed by atoms with Gasteiger partial charge < -0.3 is 0 Å². The van der Waals surface area contributed by atoms with Crippen LogP contribution in [-0.2, 0) is 38.5 Å². The van der Waals surface area contributed by atoms with Crippen LogP contribution in [0.1, 0.15) is 148 Å². The van der Waals surface area contributed by atoms with Crippen molar-refractivity contribution in [1.82, 2.24) is 0 Å². The number of rotatable bonds is 15. The zero-order chi connectivity index (χ0) is 30.8. The predicted molar refractivity (Wildman–Crippen MR) is 195 cm³/mol. The summed E-state index contributed by atoms with van der Waals surface area (Å²) in [5, 5.41) is 0. The standard InChI is InChI=1S/C45H54/c1-4-7-10-13-19-31-22-16-25-34-37(31)28-40-43(34)41-29-38-32(20-14-11-8-5-2)24-18-27-36(38)45(41)42-30-39-33(21-15-12-9-6-3)23-17-26-35(39)44(40)42/h16-18,22-27H,4-15,19-21,28-30H2,1-3H3. The minimum atomic E-state index is 1.12. The third kappa shape index (κ3) is 5.62. The molecule has 0 fully saturated rings. The van der Waals surface area contributed by atoms with Gasteiger partial charge in [0, 0.05) is 0 Å². The zero-order valence-corrected chi connectivity index (χ0v) is 28.4. The SMILES string of the molecule is CCCCCCc1cccc2c1Cc1c-2c2c(c3c1-c1cccc(CCCCCC)c1C3)-c1cccc(CCCCCC)c1C2. The molecule has 0 saturated heterocycles. The monoisotopic (exact) mass is 594 g/mol. The first-order valence-electron chi connectivity index (χ1n) is 18.8. The van der Waals surface area contributed by atoms with Gasteiger partial charge in [0.1, 0.15) is 0 Å². The van der Waals surface area contributed by atoms with Gasteiger partial charge in [0.15, 0.2) is 0 Å². The zero-order valence-electron chi connectivity index (χ0n) is 28.4. The van der Waals surface area contributed by atoms with Crippen LogP contribution >= 0.6 is 0 Å². The van der Waals surface area contributed by atoms with Gasteiger partial charge in [-0.2, -0.15) is 0 Å². The molecule has 4 aromatic carbocycles. The second-order valence-corrected chi connectivity index (χ2v) is 14.4. The summed E-state index contributed by atoms with van der Waals surface area (Å²) in [6.07, 6.45) is 23.0. The lowest BCUT2D eigenvalue weighted by Crippen LogP contribution is -1.97. The van der Waals surface area contributed by atoms with Crippen LogP contribution in [0, 0.1) is 0 Å². The number of hydrogen-bond acceptors (Lipinski definition) is 0. The maximum Gasteiger partial charge on any atom is -0.000433 e. The first-order valence-corrected chi connectivity index (χ1v) is 18.8. The van der Waals surface area contributed by atoms with Gasteiger partial charge >= 0.3 is 0 Å². The van der Waals surface area contributed by atoms with Crippen molar-refractivity contribution in [3.05, 3.63) is 105 Å². The minimum absolute atomic E-state index is 1.12. The molecular formula is C45H54. The molecule has 0 radical (unpaired) electrons. The van der Waals surface area contributed by atoms with Crippen molar-refractivity contribution < 1.29 is 0 Å².